The van der Waals surface area contributed by atoms with E-state index in [1.807, 2.05) is 0 Å². The van der Waals surface area contributed by atoms with E-state index >= 15 is 0 Å². The average Bonchev–Trinajstić information content (AvgIpc) is 3.02. The maximum atomic E-state index is 12.1. The van der Waals surface area contributed by atoms with Gasteiger partial charge in [-0.15, -0.1) is 0 Å². The van der Waals surface area contributed by atoms with Crippen LogP contribution in [0.1, 0.15) is 21.5 Å². The van der Waals surface area contributed by atoms with E-state index in [0.717, 1.165) is 0 Å². The van der Waals surface area contributed by atoms with Crippen LogP contribution in [0.2, 0.25) is 5.02 Å². The Morgan fingerprint density at radius 1 is 1.26 bits per heavy atom. The van der Waals surface area contributed by atoms with Gasteiger partial charge in [0.2, 0.25) is 5.90 Å². The highest BCUT2D eigenvalue weighted by molar-refractivity contribution is 6.34. The third-order valence-electron chi connectivity index (χ3n) is 3.65. The van der Waals surface area contributed by atoms with Crippen LogP contribution in [0.5, 0.6) is 0 Å². The summed E-state index contributed by atoms with van der Waals surface area (Å²) in [7, 11) is 1.28. The Bertz CT molecular complexity index is 1010. The van der Waals surface area contributed by atoms with Gasteiger partial charge < -0.3 is 9.47 Å². The highest BCUT2D eigenvalue weighted by Crippen LogP contribution is 2.27. The number of rotatable bonds is 4. The number of nitro groups is 1. The van der Waals surface area contributed by atoms with Gasteiger partial charge in [-0.25, -0.2) is 14.6 Å². The van der Waals surface area contributed by atoms with Crippen molar-refractivity contribution in [3.63, 3.8) is 0 Å². The van der Waals surface area contributed by atoms with E-state index in [-0.39, 0.29) is 27.9 Å². The van der Waals surface area contributed by atoms with Gasteiger partial charge in [0, 0.05) is 12.1 Å². The second kappa shape index (κ2) is 7.38. The van der Waals surface area contributed by atoms with Crippen LogP contribution >= 0.6 is 11.6 Å². The number of methoxy groups -OCH3 is 1. The maximum Gasteiger partial charge on any atom is 0.363 e. The molecule has 0 atom stereocenters. The molecular formula is C18H11ClN2O6. The number of hydrogen-bond donors (Lipinski definition) is 0. The van der Waals surface area contributed by atoms with Crippen molar-refractivity contribution in [1.82, 2.24) is 0 Å². The molecule has 0 saturated carbocycles. The number of aliphatic imine (C=N–C) groups is 1. The molecular weight excluding hydrogens is 376 g/mol. The highest BCUT2D eigenvalue weighted by Gasteiger charge is 2.27. The summed E-state index contributed by atoms with van der Waals surface area (Å²) in [5, 5.41) is 11.1. The van der Waals surface area contributed by atoms with Crippen LogP contribution < -0.4 is 0 Å². The van der Waals surface area contributed by atoms with Gasteiger partial charge in [-0.1, -0.05) is 23.7 Å². The number of hydrogen-bond acceptors (Lipinski definition) is 7. The fourth-order valence-electron chi connectivity index (χ4n) is 2.31. The van der Waals surface area contributed by atoms with Gasteiger partial charge in [0.15, 0.2) is 5.70 Å². The van der Waals surface area contributed by atoms with Crippen molar-refractivity contribution in [1.29, 1.82) is 0 Å². The number of ether oxygens (including phenoxy) is 2. The smallest absolute Gasteiger partial charge is 0.363 e. The predicted molar refractivity (Wildman–Crippen MR) is 96.5 cm³/mol. The lowest BCUT2D eigenvalue weighted by Gasteiger charge is -2.02. The SMILES string of the molecule is COC(=O)c1ccc(/C=C2/N=C(c3cc([N+](=O)[O-])ccc3Cl)OC2=O)cc1. The Morgan fingerprint density at radius 3 is 2.59 bits per heavy atom. The van der Waals surface area contributed by atoms with Crippen molar-refractivity contribution in [2.75, 3.05) is 7.11 Å². The highest BCUT2D eigenvalue weighted by atomic mass is 35.5. The largest absolute Gasteiger partial charge is 0.465 e. The molecule has 9 heteroatoms. The molecule has 2 aromatic carbocycles. The molecule has 27 heavy (non-hydrogen) atoms. The molecule has 0 radical (unpaired) electrons. The molecule has 0 fully saturated rings. The Hall–Kier alpha value is -3.52. The molecule has 0 aliphatic carbocycles. The lowest BCUT2D eigenvalue weighted by atomic mass is 10.1. The minimum atomic E-state index is -0.718. The number of esters is 2. The van der Waals surface area contributed by atoms with E-state index in [1.54, 1.807) is 24.3 Å². The van der Waals surface area contributed by atoms with Gasteiger partial charge >= 0.3 is 11.9 Å². The van der Waals surface area contributed by atoms with Gasteiger partial charge in [0.25, 0.3) is 5.69 Å². The van der Waals surface area contributed by atoms with Crippen LogP contribution in [-0.2, 0) is 14.3 Å². The second-order valence-electron chi connectivity index (χ2n) is 5.37. The lowest BCUT2D eigenvalue weighted by Crippen LogP contribution is -2.06. The van der Waals surface area contributed by atoms with Crippen LogP contribution in [0.25, 0.3) is 6.08 Å². The Labute approximate surface area is 157 Å². The van der Waals surface area contributed by atoms with Crippen molar-refractivity contribution < 1.29 is 24.0 Å². The Morgan fingerprint density at radius 2 is 1.96 bits per heavy atom. The van der Waals surface area contributed by atoms with Gasteiger partial charge in [-0.05, 0) is 29.8 Å². The fourth-order valence-corrected chi connectivity index (χ4v) is 2.50. The third kappa shape index (κ3) is 3.85. The first-order valence-corrected chi connectivity index (χ1v) is 7.92. The van der Waals surface area contributed by atoms with E-state index < -0.39 is 16.9 Å². The average molecular weight is 387 g/mol. The molecule has 8 nitrogen and oxygen atoms in total. The van der Waals surface area contributed by atoms with Crippen molar-refractivity contribution in [2.45, 2.75) is 0 Å². The summed E-state index contributed by atoms with van der Waals surface area (Å²) in [6.45, 7) is 0. The van der Waals surface area contributed by atoms with Gasteiger partial charge in [0.05, 0.1) is 28.2 Å². The van der Waals surface area contributed by atoms with Crippen LogP contribution in [0.4, 0.5) is 5.69 Å². The van der Waals surface area contributed by atoms with E-state index in [9.17, 15) is 19.7 Å². The Balaban J connectivity index is 1.92. The van der Waals surface area contributed by atoms with Crippen molar-refractivity contribution in [2.24, 2.45) is 4.99 Å². The molecule has 0 N–H and O–H groups in total. The molecule has 0 amide bonds. The summed E-state index contributed by atoms with van der Waals surface area (Å²) < 4.78 is 9.71. The van der Waals surface area contributed by atoms with Crippen LogP contribution in [-0.4, -0.2) is 29.9 Å². The first kappa shape index (κ1) is 18.3. The topological polar surface area (TPSA) is 108 Å². The minimum absolute atomic E-state index is 0.00149. The maximum absolute atomic E-state index is 12.1. The summed E-state index contributed by atoms with van der Waals surface area (Å²) >= 11 is 6.04. The molecule has 0 unspecified atom stereocenters. The first-order chi connectivity index (χ1) is 12.9. The molecule has 0 spiro atoms. The zero-order valence-corrected chi connectivity index (χ0v) is 14.6. The van der Waals surface area contributed by atoms with Gasteiger partial charge in [-0.3, -0.25) is 10.1 Å². The molecule has 2 aromatic rings. The first-order valence-electron chi connectivity index (χ1n) is 7.54. The number of benzene rings is 2. The van der Waals surface area contributed by atoms with Crippen molar-refractivity contribution in [3.8, 4) is 0 Å². The number of carbonyl (C=O) groups is 2. The quantitative estimate of drug-likeness (QED) is 0.345. The zero-order valence-electron chi connectivity index (χ0n) is 13.8. The van der Waals surface area contributed by atoms with Gasteiger partial charge in [-0.2, -0.15) is 0 Å². The molecule has 3 rings (SSSR count). The number of non-ortho nitro benzene ring substituents is 1. The molecule has 1 heterocycles. The van der Waals surface area contributed by atoms with Gasteiger partial charge in [0.1, 0.15) is 0 Å². The predicted octanol–water partition coefficient (Wildman–Crippen LogP) is 3.38. The molecule has 0 bridgehead atoms. The van der Waals surface area contributed by atoms with Crippen LogP contribution in [0, 0.1) is 10.1 Å². The normalized spacial score (nSPS) is 14.7. The summed E-state index contributed by atoms with van der Waals surface area (Å²) in [6, 6.07) is 10.1. The lowest BCUT2D eigenvalue weighted by molar-refractivity contribution is -0.384. The van der Waals surface area contributed by atoms with Crippen LogP contribution in [0.3, 0.4) is 0 Å². The summed E-state index contributed by atoms with van der Waals surface area (Å²) in [5.74, 6) is -1.31. The number of carbonyl (C=O) groups excluding carboxylic acids is 2. The van der Waals surface area contributed by atoms with Crippen molar-refractivity contribution in [3.05, 3.63) is 80.0 Å². The summed E-state index contributed by atoms with van der Waals surface area (Å²) in [4.78, 5) is 37.9. The fraction of sp³-hybridized carbons (Fsp3) is 0.0556. The zero-order chi connectivity index (χ0) is 19.6. The monoisotopic (exact) mass is 386 g/mol. The number of nitrogens with zero attached hydrogens (tertiary/aromatic N) is 2. The molecule has 136 valence electrons. The second-order valence-corrected chi connectivity index (χ2v) is 5.78. The Kier molecular flexibility index (Phi) is 5.00. The molecule has 1 aliphatic rings. The van der Waals surface area contributed by atoms with E-state index in [4.69, 9.17) is 16.3 Å². The molecule has 0 aromatic heterocycles. The number of cyclic esters (lactones) is 1. The van der Waals surface area contributed by atoms with Crippen LogP contribution in [0.15, 0.2) is 53.2 Å². The van der Waals surface area contributed by atoms with E-state index in [2.05, 4.69) is 9.73 Å². The van der Waals surface area contributed by atoms with Crippen molar-refractivity contribution >= 4 is 41.2 Å². The van der Waals surface area contributed by atoms with E-state index in [0.29, 0.717) is 11.1 Å². The number of halogens is 1. The standard InChI is InChI=1S/C18H11ClN2O6/c1-26-17(22)11-4-2-10(3-5-11)8-15-18(23)27-16(20-15)13-9-12(21(24)25)6-7-14(13)19/h2-9H,1H3/b15-8+. The molecule has 1 aliphatic heterocycles. The molecule has 0 saturated heterocycles. The third-order valence-corrected chi connectivity index (χ3v) is 3.98. The number of nitro benzene ring substituents is 1. The summed E-state index contributed by atoms with van der Waals surface area (Å²) in [6.07, 6.45) is 1.46. The summed E-state index contributed by atoms with van der Waals surface area (Å²) in [5.41, 5.74) is 0.900. The minimum Gasteiger partial charge on any atom is -0.465 e. The van der Waals surface area contributed by atoms with E-state index in [1.165, 1.54) is 31.4 Å².